The molecule has 0 spiro atoms. The molecule has 0 radical (unpaired) electrons. The van der Waals surface area contributed by atoms with Crippen LogP contribution in [-0.4, -0.2) is 39.3 Å². The van der Waals surface area contributed by atoms with Gasteiger partial charge in [0.25, 0.3) is 5.91 Å². The van der Waals surface area contributed by atoms with Gasteiger partial charge in [-0.1, -0.05) is 46.3 Å². The molecule has 0 saturated carbocycles. The number of halogens is 1. The second kappa shape index (κ2) is 10.1. The highest BCUT2D eigenvalue weighted by Crippen LogP contribution is 2.25. The van der Waals surface area contributed by atoms with E-state index >= 15 is 0 Å². The van der Waals surface area contributed by atoms with Gasteiger partial charge >= 0.3 is 0 Å². The second-order valence-electron chi connectivity index (χ2n) is 7.49. The zero-order chi connectivity index (χ0) is 22.5. The van der Waals surface area contributed by atoms with Crippen molar-refractivity contribution >= 4 is 50.8 Å². The van der Waals surface area contributed by atoms with Gasteiger partial charge in [-0.2, -0.15) is 0 Å². The van der Waals surface area contributed by atoms with Crippen molar-refractivity contribution < 1.29 is 14.0 Å². The molecule has 4 rings (SSSR count). The third-order valence-electron chi connectivity index (χ3n) is 5.28. The smallest absolute Gasteiger partial charge is 0.252 e. The highest BCUT2D eigenvalue weighted by Gasteiger charge is 2.43. The Balaban J connectivity index is 1.48. The van der Waals surface area contributed by atoms with Crippen LogP contribution in [0.2, 0.25) is 0 Å². The first kappa shape index (κ1) is 22.2. The van der Waals surface area contributed by atoms with Gasteiger partial charge < -0.3 is 14.6 Å². The zero-order valence-electron chi connectivity index (χ0n) is 17.2. The van der Waals surface area contributed by atoms with Crippen LogP contribution in [-0.2, 0) is 22.6 Å². The minimum atomic E-state index is -0.682. The Morgan fingerprint density at radius 2 is 1.81 bits per heavy atom. The molecule has 1 aromatic heterocycles. The molecule has 1 atom stereocenters. The van der Waals surface area contributed by atoms with Gasteiger partial charge in [0.2, 0.25) is 5.91 Å². The number of amides is 2. The van der Waals surface area contributed by atoms with Gasteiger partial charge in [0.1, 0.15) is 11.8 Å². The molecule has 32 heavy (non-hydrogen) atoms. The number of rotatable bonds is 8. The van der Waals surface area contributed by atoms with Gasteiger partial charge in [-0.05, 0) is 60.6 Å². The van der Waals surface area contributed by atoms with E-state index in [0.717, 1.165) is 10.0 Å². The van der Waals surface area contributed by atoms with Crippen molar-refractivity contribution in [3.63, 3.8) is 0 Å². The average molecular weight is 512 g/mol. The lowest BCUT2D eigenvalue weighted by Crippen LogP contribution is -2.37. The number of nitrogens with one attached hydrogen (secondary N) is 1. The van der Waals surface area contributed by atoms with Crippen LogP contribution in [0.25, 0.3) is 0 Å². The van der Waals surface area contributed by atoms with Crippen LogP contribution >= 0.6 is 28.1 Å². The summed E-state index contributed by atoms with van der Waals surface area (Å²) in [5, 5.41) is 3.28. The predicted octanol–water partition coefficient (Wildman–Crippen LogP) is 4.61. The molecular formula is C24H22BrN3O3S. The van der Waals surface area contributed by atoms with Crippen molar-refractivity contribution in [2.75, 3.05) is 11.9 Å². The van der Waals surface area contributed by atoms with E-state index in [1.807, 2.05) is 48.5 Å². The monoisotopic (exact) mass is 511 g/mol. The predicted molar refractivity (Wildman–Crippen MR) is 130 cm³/mol. The summed E-state index contributed by atoms with van der Waals surface area (Å²) in [5.74, 6) is 0.273. The SMILES string of the molecule is O=C(C[C@H]1C(=O)N(CCc2ccccc2)C(=S)N1Cc1ccco1)Nc1ccc(Br)cc1. The number of carbonyl (C=O) groups is 2. The van der Waals surface area contributed by atoms with E-state index in [-0.39, 0.29) is 18.2 Å². The molecule has 1 aliphatic rings. The highest BCUT2D eigenvalue weighted by atomic mass is 79.9. The molecule has 0 unspecified atom stereocenters. The molecule has 3 aromatic rings. The van der Waals surface area contributed by atoms with Crippen molar-refractivity contribution in [3.05, 3.63) is 88.8 Å². The van der Waals surface area contributed by atoms with E-state index in [2.05, 4.69) is 21.2 Å². The molecule has 1 fully saturated rings. The molecule has 0 aliphatic carbocycles. The van der Waals surface area contributed by atoms with Gasteiger partial charge in [-0.15, -0.1) is 0 Å². The first-order valence-corrected chi connectivity index (χ1v) is 11.4. The van der Waals surface area contributed by atoms with Crippen LogP contribution in [0.4, 0.5) is 5.69 Å². The van der Waals surface area contributed by atoms with E-state index in [1.165, 1.54) is 0 Å². The Labute approximate surface area is 200 Å². The number of benzene rings is 2. The fourth-order valence-corrected chi connectivity index (χ4v) is 4.29. The summed E-state index contributed by atoms with van der Waals surface area (Å²) in [5.41, 5.74) is 1.79. The highest BCUT2D eigenvalue weighted by molar-refractivity contribution is 9.10. The van der Waals surface area contributed by atoms with E-state index in [4.69, 9.17) is 16.6 Å². The standard InChI is InChI=1S/C24H22BrN3O3S/c25-18-8-10-19(11-9-18)26-22(29)15-21-23(30)27(13-12-17-5-2-1-3-6-17)24(32)28(21)16-20-7-4-14-31-20/h1-11,14,21H,12-13,15-16H2,(H,26,29)/t21-/m0/s1. The topological polar surface area (TPSA) is 65.8 Å². The fraction of sp³-hybridized carbons (Fsp3) is 0.208. The second-order valence-corrected chi connectivity index (χ2v) is 8.77. The average Bonchev–Trinajstić information content (AvgIpc) is 3.38. The van der Waals surface area contributed by atoms with Gasteiger partial charge in [0, 0.05) is 16.7 Å². The van der Waals surface area contributed by atoms with E-state index in [0.29, 0.717) is 36.1 Å². The van der Waals surface area contributed by atoms with Gasteiger partial charge in [0.15, 0.2) is 5.11 Å². The zero-order valence-corrected chi connectivity index (χ0v) is 19.6. The largest absolute Gasteiger partial charge is 0.467 e. The van der Waals surface area contributed by atoms with E-state index in [1.54, 1.807) is 34.3 Å². The first-order valence-electron chi connectivity index (χ1n) is 10.2. The van der Waals surface area contributed by atoms with Gasteiger partial charge in [0.05, 0.1) is 19.2 Å². The summed E-state index contributed by atoms with van der Waals surface area (Å²) in [6.45, 7) is 0.788. The molecule has 1 N–H and O–H groups in total. The molecule has 6 nitrogen and oxygen atoms in total. The lowest BCUT2D eigenvalue weighted by atomic mass is 10.1. The number of thiocarbonyl (C=S) groups is 1. The minimum Gasteiger partial charge on any atom is -0.467 e. The lowest BCUT2D eigenvalue weighted by Gasteiger charge is -2.22. The maximum atomic E-state index is 13.3. The molecule has 2 amide bonds. The normalized spacial score (nSPS) is 16.0. The molecule has 2 heterocycles. The van der Waals surface area contributed by atoms with Crippen LogP contribution in [0.1, 0.15) is 17.7 Å². The summed E-state index contributed by atoms with van der Waals surface area (Å²) in [6, 6.07) is 20.2. The van der Waals surface area contributed by atoms with Crippen LogP contribution in [0.3, 0.4) is 0 Å². The quantitative estimate of drug-likeness (QED) is 0.447. The van der Waals surface area contributed by atoms with Crippen molar-refractivity contribution in [2.24, 2.45) is 0 Å². The van der Waals surface area contributed by atoms with Crippen molar-refractivity contribution in [1.82, 2.24) is 9.80 Å². The number of nitrogens with zero attached hydrogens (tertiary/aromatic N) is 2. The number of anilines is 1. The maximum Gasteiger partial charge on any atom is 0.252 e. The van der Waals surface area contributed by atoms with Crippen molar-refractivity contribution in [3.8, 4) is 0 Å². The van der Waals surface area contributed by atoms with Crippen LogP contribution in [0, 0.1) is 0 Å². The van der Waals surface area contributed by atoms with E-state index in [9.17, 15) is 9.59 Å². The molecule has 164 valence electrons. The lowest BCUT2D eigenvalue weighted by molar-refractivity contribution is -0.130. The number of hydrogen-bond acceptors (Lipinski definition) is 4. The summed E-state index contributed by atoms with van der Waals surface area (Å²) in [6.07, 6.45) is 2.26. The Morgan fingerprint density at radius 3 is 2.50 bits per heavy atom. The van der Waals surface area contributed by atoms with Crippen molar-refractivity contribution in [1.29, 1.82) is 0 Å². The molecule has 0 bridgehead atoms. The molecule has 1 aliphatic heterocycles. The number of hydrogen-bond donors (Lipinski definition) is 1. The third kappa shape index (κ3) is 5.26. The minimum absolute atomic E-state index is 0.00240. The molecule has 1 saturated heterocycles. The van der Waals surface area contributed by atoms with Crippen LogP contribution < -0.4 is 5.32 Å². The van der Waals surface area contributed by atoms with Gasteiger partial charge in [-0.25, -0.2) is 0 Å². The number of carbonyl (C=O) groups excluding carboxylic acids is 2. The summed E-state index contributed by atoms with van der Waals surface area (Å²) in [7, 11) is 0. The first-order chi connectivity index (χ1) is 15.5. The maximum absolute atomic E-state index is 13.3. The fourth-order valence-electron chi connectivity index (χ4n) is 3.65. The third-order valence-corrected chi connectivity index (χ3v) is 6.27. The molecule has 2 aromatic carbocycles. The Morgan fingerprint density at radius 1 is 1.06 bits per heavy atom. The summed E-state index contributed by atoms with van der Waals surface area (Å²) >= 11 is 9.03. The van der Waals surface area contributed by atoms with E-state index < -0.39 is 6.04 Å². The Kier molecular flexibility index (Phi) is 7.02. The molecule has 8 heteroatoms. The molecular weight excluding hydrogens is 490 g/mol. The summed E-state index contributed by atoms with van der Waals surface area (Å²) < 4.78 is 6.39. The Bertz CT molecular complexity index is 1090. The Hall–Kier alpha value is -2.97. The number of furan rings is 1. The van der Waals surface area contributed by atoms with Crippen LogP contribution in [0.15, 0.2) is 81.9 Å². The summed E-state index contributed by atoms with van der Waals surface area (Å²) in [4.78, 5) is 29.4. The van der Waals surface area contributed by atoms with Crippen LogP contribution in [0.5, 0.6) is 0 Å². The van der Waals surface area contributed by atoms with Gasteiger partial charge in [-0.3, -0.25) is 14.5 Å². The van der Waals surface area contributed by atoms with Crippen molar-refractivity contribution in [2.45, 2.75) is 25.4 Å².